The van der Waals surface area contributed by atoms with Crippen LogP contribution in [0.15, 0.2) is 35.9 Å². The summed E-state index contributed by atoms with van der Waals surface area (Å²) < 4.78 is 18.9. The molecule has 24 heavy (non-hydrogen) atoms. The Morgan fingerprint density at radius 1 is 1.29 bits per heavy atom. The summed E-state index contributed by atoms with van der Waals surface area (Å²) in [6.07, 6.45) is 2.05. The fourth-order valence-electron chi connectivity index (χ4n) is 3.74. The van der Waals surface area contributed by atoms with Gasteiger partial charge in [-0.15, -0.1) is 0 Å². The van der Waals surface area contributed by atoms with E-state index in [0.717, 1.165) is 5.56 Å². The molecule has 3 atom stereocenters. The van der Waals surface area contributed by atoms with Gasteiger partial charge in [0, 0.05) is 6.54 Å². The molecule has 0 unspecified atom stereocenters. The Morgan fingerprint density at radius 3 is 2.58 bits per heavy atom. The van der Waals surface area contributed by atoms with Crippen LogP contribution in [-0.2, 0) is 9.53 Å². The summed E-state index contributed by atoms with van der Waals surface area (Å²) >= 11 is 0. The number of hydrogen-bond acceptors (Lipinski definition) is 2. The summed E-state index contributed by atoms with van der Waals surface area (Å²) in [5, 5.41) is 0. The Kier molecular flexibility index (Phi) is 4.52. The number of nitrogens with zero attached hydrogens (tertiary/aromatic N) is 1. The van der Waals surface area contributed by atoms with Gasteiger partial charge in [0.25, 0.3) is 0 Å². The Balaban J connectivity index is 1.70. The molecule has 0 radical (unpaired) electrons. The maximum absolute atomic E-state index is 13.1. The van der Waals surface area contributed by atoms with E-state index >= 15 is 0 Å². The predicted octanol–water partition coefficient (Wildman–Crippen LogP) is 3.96. The first-order valence-corrected chi connectivity index (χ1v) is 8.61. The smallest absolute Gasteiger partial charge is 0.227 e. The number of amides is 1. The van der Waals surface area contributed by atoms with E-state index in [4.69, 9.17) is 4.74 Å². The van der Waals surface area contributed by atoms with Crippen LogP contribution in [0.2, 0.25) is 0 Å². The average molecular weight is 331 g/mol. The third-order valence-electron chi connectivity index (χ3n) is 5.31. The summed E-state index contributed by atoms with van der Waals surface area (Å²) in [6, 6.07) is 6.35. The van der Waals surface area contributed by atoms with E-state index in [9.17, 15) is 9.18 Å². The van der Waals surface area contributed by atoms with Gasteiger partial charge in [0.1, 0.15) is 11.9 Å². The quantitative estimate of drug-likeness (QED) is 0.785. The Hall–Kier alpha value is -1.68. The van der Waals surface area contributed by atoms with E-state index in [2.05, 4.69) is 33.8 Å². The van der Waals surface area contributed by atoms with Gasteiger partial charge in [0.2, 0.25) is 5.91 Å². The van der Waals surface area contributed by atoms with Crippen molar-refractivity contribution < 1.29 is 13.9 Å². The van der Waals surface area contributed by atoms with Crippen molar-refractivity contribution in [1.82, 2.24) is 4.90 Å². The maximum atomic E-state index is 13.1. The van der Waals surface area contributed by atoms with Gasteiger partial charge in [-0.2, -0.15) is 0 Å². The van der Waals surface area contributed by atoms with E-state index in [1.165, 1.54) is 17.7 Å². The predicted molar refractivity (Wildman–Crippen MR) is 91.9 cm³/mol. The molecule has 1 heterocycles. The number of rotatable bonds is 3. The second-order valence-corrected chi connectivity index (χ2v) is 7.76. The van der Waals surface area contributed by atoms with Crippen LogP contribution in [0.25, 0.3) is 0 Å². The molecule has 4 heteroatoms. The minimum atomic E-state index is -0.258. The monoisotopic (exact) mass is 331 g/mol. The molecule has 1 aromatic rings. The Bertz CT molecular complexity index is 646. The zero-order chi connectivity index (χ0) is 17.5. The van der Waals surface area contributed by atoms with Crippen molar-refractivity contribution >= 4 is 5.91 Å². The molecule has 1 saturated carbocycles. The summed E-state index contributed by atoms with van der Waals surface area (Å²) in [5.41, 5.74) is 2.21. The molecule has 1 amide bonds. The van der Waals surface area contributed by atoms with Crippen LogP contribution in [0.1, 0.15) is 39.4 Å². The molecular formula is C20H26FNO2. The van der Waals surface area contributed by atoms with E-state index in [1.807, 2.05) is 4.90 Å². The van der Waals surface area contributed by atoms with Gasteiger partial charge in [-0.1, -0.05) is 37.6 Å². The fraction of sp³-hybridized carbons (Fsp3) is 0.550. The maximum Gasteiger partial charge on any atom is 0.227 e. The lowest BCUT2D eigenvalue weighted by atomic mass is 10.1. The molecule has 0 spiro atoms. The third-order valence-corrected chi connectivity index (χ3v) is 5.31. The zero-order valence-corrected chi connectivity index (χ0v) is 14.9. The number of carbonyl (C=O) groups excluding carboxylic acids is 1. The molecular weight excluding hydrogens is 305 g/mol. The van der Waals surface area contributed by atoms with Crippen molar-refractivity contribution in [2.75, 3.05) is 19.7 Å². The minimum Gasteiger partial charge on any atom is -0.370 e. The van der Waals surface area contributed by atoms with Crippen molar-refractivity contribution in [3.8, 4) is 0 Å². The number of ether oxygens (including phenoxy) is 1. The number of hydrogen-bond donors (Lipinski definition) is 0. The largest absolute Gasteiger partial charge is 0.370 e. The highest BCUT2D eigenvalue weighted by atomic mass is 19.1. The number of morpholine rings is 1. The molecule has 1 aliphatic carbocycles. The van der Waals surface area contributed by atoms with Crippen molar-refractivity contribution in [2.45, 2.75) is 33.8 Å². The van der Waals surface area contributed by atoms with Crippen molar-refractivity contribution in [2.24, 2.45) is 17.3 Å². The third kappa shape index (κ3) is 3.25. The zero-order valence-electron chi connectivity index (χ0n) is 14.9. The molecule has 130 valence electrons. The second kappa shape index (κ2) is 6.32. The van der Waals surface area contributed by atoms with Crippen LogP contribution in [-0.4, -0.2) is 30.5 Å². The Morgan fingerprint density at radius 2 is 1.96 bits per heavy atom. The first-order chi connectivity index (χ1) is 11.3. The number of allylic oxidation sites excluding steroid dienone is 2. The number of benzene rings is 1. The van der Waals surface area contributed by atoms with Crippen LogP contribution < -0.4 is 0 Å². The molecule has 1 aromatic carbocycles. The standard InChI is InChI=1S/C20H26FNO2/c1-13(2)11-16-18(20(16,3)4)19(23)22-9-10-24-17(12-22)14-5-7-15(21)8-6-14/h5-8,11,16-18H,9-10,12H2,1-4H3/t16-,17-,18-/m1/s1. The molecule has 3 nitrogen and oxygen atoms in total. The van der Waals surface area contributed by atoms with Gasteiger partial charge < -0.3 is 9.64 Å². The Labute approximate surface area is 143 Å². The molecule has 0 N–H and O–H groups in total. The lowest BCUT2D eigenvalue weighted by Crippen LogP contribution is -2.43. The van der Waals surface area contributed by atoms with Gasteiger partial charge in [-0.3, -0.25) is 4.79 Å². The first-order valence-electron chi connectivity index (χ1n) is 8.61. The van der Waals surface area contributed by atoms with Crippen LogP contribution in [0.4, 0.5) is 4.39 Å². The van der Waals surface area contributed by atoms with Crippen LogP contribution >= 0.6 is 0 Å². The minimum absolute atomic E-state index is 0.0258. The molecule has 3 rings (SSSR count). The van der Waals surface area contributed by atoms with Crippen LogP contribution in [0, 0.1) is 23.1 Å². The summed E-state index contributed by atoms with van der Waals surface area (Å²) in [6.45, 7) is 10.2. The summed E-state index contributed by atoms with van der Waals surface area (Å²) in [4.78, 5) is 14.9. The molecule has 2 aliphatic rings. The molecule has 2 fully saturated rings. The summed E-state index contributed by atoms with van der Waals surface area (Å²) in [5.74, 6) is 0.339. The van der Waals surface area contributed by atoms with Gasteiger partial charge in [0.05, 0.1) is 19.1 Å². The van der Waals surface area contributed by atoms with E-state index < -0.39 is 0 Å². The van der Waals surface area contributed by atoms with Gasteiger partial charge in [-0.25, -0.2) is 4.39 Å². The molecule has 1 saturated heterocycles. The first kappa shape index (κ1) is 17.2. The van der Waals surface area contributed by atoms with E-state index in [0.29, 0.717) is 25.6 Å². The summed E-state index contributed by atoms with van der Waals surface area (Å²) in [7, 11) is 0. The van der Waals surface area contributed by atoms with Crippen molar-refractivity contribution in [3.05, 3.63) is 47.3 Å². The molecule has 0 bridgehead atoms. The number of carbonyl (C=O) groups is 1. The average Bonchev–Trinajstić information content (AvgIpc) is 3.07. The topological polar surface area (TPSA) is 29.5 Å². The SMILES string of the molecule is CC(C)=C[C@@H]1[C@H](C(=O)N2CCO[C@@H](c3ccc(F)cc3)C2)C1(C)C. The van der Waals surface area contributed by atoms with Gasteiger partial charge in [-0.05, 0) is 42.9 Å². The van der Waals surface area contributed by atoms with Crippen molar-refractivity contribution in [1.29, 1.82) is 0 Å². The van der Waals surface area contributed by atoms with Crippen LogP contribution in [0.5, 0.6) is 0 Å². The molecule has 1 aliphatic heterocycles. The molecule has 0 aromatic heterocycles. The number of halogens is 1. The fourth-order valence-corrected chi connectivity index (χ4v) is 3.74. The van der Waals surface area contributed by atoms with Gasteiger partial charge >= 0.3 is 0 Å². The highest BCUT2D eigenvalue weighted by Gasteiger charge is 2.61. The van der Waals surface area contributed by atoms with Gasteiger partial charge in [0.15, 0.2) is 0 Å². The van der Waals surface area contributed by atoms with E-state index in [1.54, 1.807) is 12.1 Å². The lowest BCUT2D eigenvalue weighted by Gasteiger charge is -2.33. The second-order valence-electron chi connectivity index (χ2n) is 7.76. The van der Waals surface area contributed by atoms with E-state index in [-0.39, 0.29) is 29.2 Å². The highest BCUT2D eigenvalue weighted by molar-refractivity contribution is 5.84. The highest BCUT2D eigenvalue weighted by Crippen LogP contribution is 2.60. The lowest BCUT2D eigenvalue weighted by molar-refractivity contribution is -0.141. The van der Waals surface area contributed by atoms with Crippen LogP contribution in [0.3, 0.4) is 0 Å². The van der Waals surface area contributed by atoms with Crippen molar-refractivity contribution in [3.63, 3.8) is 0 Å². The normalized spacial score (nSPS) is 28.4.